The predicted molar refractivity (Wildman–Crippen MR) is 95.9 cm³/mol. The highest BCUT2D eigenvalue weighted by atomic mass is 35.5. The number of aliphatic carboxylic acids is 1. The van der Waals surface area contributed by atoms with E-state index in [0.29, 0.717) is 16.1 Å². The summed E-state index contributed by atoms with van der Waals surface area (Å²) < 4.78 is 12.0. The molecule has 1 aliphatic heterocycles. The van der Waals surface area contributed by atoms with E-state index in [-0.39, 0.29) is 13.0 Å². The van der Waals surface area contributed by atoms with E-state index in [1.165, 1.54) is 0 Å². The molecule has 0 unspecified atom stereocenters. The van der Waals surface area contributed by atoms with Crippen molar-refractivity contribution in [3.63, 3.8) is 0 Å². The molecule has 1 aromatic rings. The number of benzene rings is 1. The molecule has 1 heterocycles. The van der Waals surface area contributed by atoms with Crippen molar-refractivity contribution in [1.82, 2.24) is 0 Å². The van der Waals surface area contributed by atoms with Crippen LogP contribution in [0.3, 0.4) is 0 Å². The van der Waals surface area contributed by atoms with E-state index in [1.54, 1.807) is 18.2 Å². The molecule has 1 aromatic carbocycles. The molecule has 24 heavy (non-hydrogen) atoms. The first-order valence-corrected chi connectivity index (χ1v) is 8.20. The van der Waals surface area contributed by atoms with Gasteiger partial charge in [0, 0.05) is 11.6 Å². The van der Waals surface area contributed by atoms with Gasteiger partial charge in [-0.1, -0.05) is 23.7 Å². The van der Waals surface area contributed by atoms with Crippen molar-refractivity contribution >= 4 is 30.8 Å². The lowest BCUT2D eigenvalue weighted by Gasteiger charge is -2.32. The van der Waals surface area contributed by atoms with Crippen LogP contribution in [0.5, 0.6) is 0 Å². The highest BCUT2D eigenvalue weighted by Crippen LogP contribution is 2.38. The van der Waals surface area contributed by atoms with Gasteiger partial charge in [0.15, 0.2) is 0 Å². The minimum Gasteiger partial charge on any atom is -0.481 e. The fourth-order valence-electron chi connectivity index (χ4n) is 2.44. The quantitative estimate of drug-likeness (QED) is 0.797. The lowest BCUT2D eigenvalue weighted by molar-refractivity contribution is -0.136. The summed E-state index contributed by atoms with van der Waals surface area (Å²) in [5.41, 5.74) is 7.06. The molecule has 0 radical (unpaired) electrons. The maximum atomic E-state index is 11.1. The van der Waals surface area contributed by atoms with E-state index < -0.39 is 24.3 Å². The van der Waals surface area contributed by atoms with Crippen LogP contribution >= 0.6 is 11.6 Å². The Morgan fingerprint density at radius 1 is 1.29 bits per heavy atom. The molecule has 130 valence electrons. The number of hydrogen-bond donors (Lipinski definition) is 2. The highest BCUT2D eigenvalue weighted by molar-refractivity contribution is 6.56. The topological polar surface area (TPSA) is 81.8 Å². The Kier molecular flexibility index (Phi) is 5.45. The molecular weight excluding hydrogens is 328 g/mol. The summed E-state index contributed by atoms with van der Waals surface area (Å²) in [6.07, 6.45) is 1.72. The van der Waals surface area contributed by atoms with Crippen molar-refractivity contribution in [2.45, 2.75) is 45.3 Å². The summed E-state index contributed by atoms with van der Waals surface area (Å²) in [6, 6.07) is 5.11. The van der Waals surface area contributed by atoms with Crippen molar-refractivity contribution in [2.24, 2.45) is 5.73 Å². The number of hydrogen-bond acceptors (Lipinski definition) is 4. The molecule has 0 saturated carbocycles. The molecule has 0 aliphatic carbocycles. The van der Waals surface area contributed by atoms with Gasteiger partial charge >= 0.3 is 13.1 Å². The van der Waals surface area contributed by atoms with Crippen molar-refractivity contribution < 1.29 is 19.2 Å². The third kappa shape index (κ3) is 4.01. The van der Waals surface area contributed by atoms with Crippen LogP contribution in [0.25, 0.3) is 6.08 Å². The summed E-state index contributed by atoms with van der Waals surface area (Å²) in [4.78, 5) is 11.1. The molecule has 0 amide bonds. The molecule has 0 bridgehead atoms. The van der Waals surface area contributed by atoms with Gasteiger partial charge in [-0.2, -0.15) is 0 Å². The predicted octanol–water partition coefficient (Wildman–Crippen LogP) is 2.94. The number of carboxylic acids is 1. The zero-order chi connectivity index (χ0) is 18.1. The first kappa shape index (κ1) is 19.0. The Balaban J connectivity index is 2.38. The van der Waals surface area contributed by atoms with E-state index in [9.17, 15) is 4.79 Å². The van der Waals surface area contributed by atoms with Crippen LogP contribution in [0.4, 0.5) is 0 Å². The summed E-state index contributed by atoms with van der Waals surface area (Å²) in [7, 11) is -0.573. The van der Waals surface area contributed by atoms with Gasteiger partial charge in [-0.3, -0.25) is 4.79 Å². The minimum absolute atomic E-state index is 0.0930. The van der Waals surface area contributed by atoms with Crippen LogP contribution in [0, 0.1) is 0 Å². The van der Waals surface area contributed by atoms with E-state index in [1.807, 2.05) is 33.8 Å². The second-order valence-corrected chi connectivity index (χ2v) is 7.36. The van der Waals surface area contributed by atoms with Gasteiger partial charge < -0.3 is 20.1 Å². The molecule has 5 nitrogen and oxygen atoms in total. The van der Waals surface area contributed by atoms with Crippen LogP contribution in [-0.2, 0) is 20.5 Å². The summed E-state index contributed by atoms with van der Waals surface area (Å²) in [5.74, 6) is -0.906. The Bertz CT molecular complexity index is 657. The second-order valence-electron chi connectivity index (χ2n) is 6.93. The normalized spacial score (nSPS) is 19.6. The van der Waals surface area contributed by atoms with Crippen LogP contribution in [0.1, 0.15) is 38.8 Å². The molecule has 2 rings (SSSR count). The molecule has 0 spiro atoms. The average molecular weight is 352 g/mol. The van der Waals surface area contributed by atoms with Gasteiger partial charge in [0.25, 0.3) is 0 Å². The highest BCUT2D eigenvalue weighted by Gasteiger charge is 2.52. The maximum Gasteiger partial charge on any atom is 0.491 e. The molecular formula is C17H23BClNO4. The molecule has 1 fully saturated rings. The van der Waals surface area contributed by atoms with Crippen LogP contribution < -0.4 is 5.73 Å². The first-order chi connectivity index (χ1) is 11.1. The van der Waals surface area contributed by atoms with Gasteiger partial charge in [0.1, 0.15) is 0 Å². The van der Waals surface area contributed by atoms with Gasteiger partial charge in [0.2, 0.25) is 0 Å². The number of rotatable bonds is 5. The Labute approximate surface area is 147 Å². The SMILES string of the molecule is CC1(C)OB(C(=Cc2cc(Cl)ccc2CC(=O)O)CN)OC1(C)C. The Morgan fingerprint density at radius 3 is 2.38 bits per heavy atom. The third-order valence-electron chi connectivity index (χ3n) is 4.58. The standard InChI is InChI=1S/C17H23BClNO4/c1-16(2)17(3,4)24-18(23-16)13(10-20)7-12-8-14(19)6-5-11(12)9-15(21)22/h5-8H,9-10,20H2,1-4H3,(H,21,22). The minimum atomic E-state index is -0.906. The molecule has 7 heteroatoms. The van der Waals surface area contributed by atoms with Gasteiger partial charge in [0.05, 0.1) is 17.6 Å². The Hall–Kier alpha value is -1.34. The van der Waals surface area contributed by atoms with E-state index in [2.05, 4.69) is 0 Å². The van der Waals surface area contributed by atoms with Crippen molar-refractivity contribution in [3.05, 3.63) is 39.8 Å². The van der Waals surface area contributed by atoms with Crippen LogP contribution in [0.2, 0.25) is 5.02 Å². The number of carbonyl (C=O) groups is 1. The molecule has 3 N–H and O–H groups in total. The summed E-state index contributed by atoms with van der Waals surface area (Å²) >= 11 is 6.06. The Morgan fingerprint density at radius 2 is 1.88 bits per heavy atom. The largest absolute Gasteiger partial charge is 0.491 e. The molecule has 0 aromatic heterocycles. The number of nitrogens with two attached hydrogens (primary N) is 1. The van der Waals surface area contributed by atoms with Crippen molar-refractivity contribution in [1.29, 1.82) is 0 Å². The summed E-state index contributed by atoms with van der Waals surface area (Å²) in [6.45, 7) is 8.11. The van der Waals surface area contributed by atoms with E-state index >= 15 is 0 Å². The fraction of sp³-hybridized carbons (Fsp3) is 0.471. The third-order valence-corrected chi connectivity index (χ3v) is 4.82. The van der Waals surface area contributed by atoms with Gasteiger partial charge in [-0.15, -0.1) is 0 Å². The fourth-order valence-corrected chi connectivity index (χ4v) is 2.62. The van der Waals surface area contributed by atoms with Crippen molar-refractivity contribution in [3.8, 4) is 0 Å². The lowest BCUT2D eigenvalue weighted by Crippen LogP contribution is -2.41. The van der Waals surface area contributed by atoms with Crippen molar-refractivity contribution in [2.75, 3.05) is 6.54 Å². The lowest BCUT2D eigenvalue weighted by atomic mass is 9.76. The average Bonchev–Trinajstić information content (AvgIpc) is 2.66. The maximum absolute atomic E-state index is 11.1. The first-order valence-electron chi connectivity index (χ1n) is 7.82. The molecule has 0 atom stereocenters. The smallest absolute Gasteiger partial charge is 0.481 e. The molecule has 1 aliphatic rings. The zero-order valence-corrected chi connectivity index (χ0v) is 15.2. The zero-order valence-electron chi connectivity index (χ0n) is 14.4. The number of halogens is 1. The van der Waals surface area contributed by atoms with Gasteiger partial charge in [-0.05, 0) is 56.4 Å². The monoisotopic (exact) mass is 351 g/mol. The summed E-state index contributed by atoms with van der Waals surface area (Å²) in [5, 5.41) is 9.60. The van der Waals surface area contributed by atoms with Gasteiger partial charge in [-0.25, -0.2) is 0 Å². The molecule has 1 saturated heterocycles. The van der Waals surface area contributed by atoms with E-state index in [0.717, 1.165) is 5.47 Å². The van der Waals surface area contributed by atoms with Crippen LogP contribution in [0.15, 0.2) is 23.7 Å². The van der Waals surface area contributed by atoms with Crippen LogP contribution in [-0.4, -0.2) is 35.9 Å². The number of carboxylic acid groups (broad SMARTS) is 1. The second kappa shape index (κ2) is 6.88. The van der Waals surface area contributed by atoms with E-state index in [4.69, 9.17) is 31.7 Å².